The molecule has 25 heavy (non-hydrogen) atoms. The van der Waals surface area contributed by atoms with Crippen molar-refractivity contribution in [3.05, 3.63) is 40.9 Å². The molecular formula is C20H29N3OS. The molecule has 1 aromatic carbocycles. The Morgan fingerprint density at radius 2 is 1.80 bits per heavy atom. The number of nitrogens with zero attached hydrogens (tertiary/aromatic N) is 2. The smallest absolute Gasteiger partial charge is 0.203 e. The predicted octanol–water partition coefficient (Wildman–Crippen LogP) is 6.03. The average molecular weight is 360 g/mol. The lowest BCUT2D eigenvalue weighted by Crippen LogP contribution is -1.97. The first kappa shape index (κ1) is 19.4. The van der Waals surface area contributed by atoms with Crippen LogP contribution in [0.25, 0.3) is 0 Å². The first-order valence-electron chi connectivity index (χ1n) is 9.22. The lowest BCUT2D eigenvalue weighted by Gasteiger charge is -2.06. The van der Waals surface area contributed by atoms with Crippen molar-refractivity contribution in [1.82, 2.24) is 4.98 Å². The number of aryl methyl sites for hydroxylation is 1. The van der Waals surface area contributed by atoms with Crippen molar-refractivity contribution in [2.45, 2.75) is 58.8 Å². The molecule has 4 nitrogen and oxygen atoms in total. The maximum atomic E-state index is 5.80. The van der Waals surface area contributed by atoms with Gasteiger partial charge in [0.1, 0.15) is 5.75 Å². The molecule has 2 rings (SSSR count). The molecule has 0 amide bonds. The third-order valence-electron chi connectivity index (χ3n) is 3.89. The molecular weight excluding hydrogens is 330 g/mol. The standard InChI is InChI=1S/C20H29N3OS/c1-3-4-5-6-7-8-9-14-24-19-12-10-18(11-13-19)15-21-23-20-22-17(2)16-25-20/h10-13,15-16H,3-9,14H2,1-2H3,(H,22,23). The Bertz CT molecular complexity index is 622. The van der Waals surface area contributed by atoms with E-state index in [4.69, 9.17) is 4.74 Å². The third kappa shape index (κ3) is 8.16. The van der Waals surface area contributed by atoms with Gasteiger partial charge in [-0.2, -0.15) is 5.10 Å². The quantitative estimate of drug-likeness (QED) is 0.286. The summed E-state index contributed by atoms with van der Waals surface area (Å²) in [5.74, 6) is 0.923. The van der Waals surface area contributed by atoms with Crippen LogP contribution in [0, 0.1) is 6.92 Å². The van der Waals surface area contributed by atoms with Crippen LogP contribution >= 0.6 is 11.3 Å². The Morgan fingerprint density at radius 3 is 2.48 bits per heavy atom. The summed E-state index contributed by atoms with van der Waals surface area (Å²) in [7, 11) is 0. The zero-order valence-corrected chi connectivity index (χ0v) is 16.1. The van der Waals surface area contributed by atoms with Gasteiger partial charge in [-0.1, -0.05) is 45.4 Å². The number of hydrogen-bond donors (Lipinski definition) is 1. The molecule has 1 heterocycles. The maximum Gasteiger partial charge on any atom is 0.203 e. The van der Waals surface area contributed by atoms with Crippen molar-refractivity contribution in [3.8, 4) is 5.75 Å². The van der Waals surface area contributed by atoms with Crippen LogP contribution in [0.2, 0.25) is 0 Å². The highest BCUT2D eigenvalue weighted by Crippen LogP contribution is 2.15. The molecule has 0 saturated heterocycles. The van der Waals surface area contributed by atoms with Crippen LogP contribution < -0.4 is 10.2 Å². The summed E-state index contributed by atoms with van der Waals surface area (Å²) in [6, 6.07) is 8.02. The van der Waals surface area contributed by atoms with Crippen LogP contribution in [0.15, 0.2) is 34.7 Å². The Hall–Kier alpha value is -1.88. The van der Waals surface area contributed by atoms with E-state index in [2.05, 4.69) is 22.4 Å². The Morgan fingerprint density at radius 1 is 1.08 bits per heavy atom. The van der Waals surface area contributed by atoms with Gasteiger partial charge in [0.05, 0.1) is 18.5 Å². The molecule has 5 heteroatoms. The van der Waals surface area contributed by atoms with Crippen molar-refractivity contribution in [2.24, 2.45) is 5.10 Å². The lowest BCUT2D eigenvalue weighted by molar-refractivity contribution is 0.304. The molecule has 0 spiro atoms. The van der Waals surface area contributed by atoms with E-state index in [1.54, 1.807) is 17.6 Å². The van der Waals surface area contributed by atoms with E-state index in [0.29, 0.717) is 0 Å². The van der Waals surface area contributed by atoms with Crippen LogP contribution in [0.5, 0.6) is 5.75 Å². The summed E-state index contributed by atoms with van der Waals surface area (Å²) in [5.41, 5.74) is 4.98. The molecule has 0 aliphatic carbocycles. The molecule has 136 valence electrons. The number of aromatic nitrogens is 1. The number of ether oxygens (including phenoxy) is 1. The molecule has 1 aromatic heterocycles. The molecule has 0 radical (unpaired) electrons. The molecule has 0 fully saturated rings. The summed E-state index contributed by atoms with van der Waals surface area (Å²) in [4.78, 5) is 4.30. The predicted molar refractivity (Wildman–Crippen MR) is 108 cm³/mol. The van der Waals surface area contributed by atoms with Gasteiger partial charge in [-0.05, 0) is 43.2 Å². The van der Waals surface area contributed by atoms with Crippen molar-refractivity contribution in [2.75, 3.05) is 12.0 Å². The van der Waals surface area contributed by atoms with Crippen LogP contribution in [0.3, 0.4) is 0 Å². The minimum absolute atomic E-state index is 0.798. The minimum Gasteiger partial charge on any atom is -0.494 e. The van der Waals surface area contributed by atoms with Crippen LogP contribution in [-0.4, -0.2) is 17.8 Å². The Balaban J connectivity index is 1.61. The highest BCUT2D eigenvalue weighted by molar-refractivity contribution is 7.13. The second kappa shape index (κ2) is 11.6. The monoisotopic (exact) mass is 359 g/mol. The van der Waals surface area contributed by atoms with Gasteiger partial charge in [0, 0.05) is 5.38 Å². The second-order valence-electron chi connectivity index (χ2n) is 6.20. The number of benzene rings is 1. The van der Waals surface area contributed by atoms with E-state index in [0.717, 1.165) is 35.2 Å². The summed E-state index contributed by atoms with van der Waals surface area (Å²) in [5, 5.41) is 7.01. The van der Waals surface area contributed by atoms with Gasteiger partial charge in [-0.3, -0.25) is 5.43 Å². The number of thiazole rings is 1. The van der Waals surface area contributed by atoms with E-state index >= 15 is 0 Å². The highest BCUT2D eigenvalue weighted by atomic mass is 32.1. The fraction of sp³-hybridized carbons (Fsp3) is 0.500. The molecule has 0 aliphatic heterocycles. The van der Waals surface area contributed by atoms with Gasteiger partial charge in [0.25, 0.3) is 0 Å². The Labute approximate surface area is 155 Å². The second-order valence-corrected chi connectivity index (χ2v) is 7.06. The minimum atomic E-state index is 0.798. The molecule has 2 aromatic rings. The number of hydrazone groups is 1. The van der Waals surface area contributed by atoms with E-state index < -0.39 is 0 Å². The topological polar surface area (TPSA) is 46.5 Å². The average Bonchev–Trinajstić information content (AvgIpc) is 3.04. The van der Waals surface area contributed by atoms with Gasteiger partial charge in [-0.15, -0.1) is 11.3 Å². The largest absolute Gasteiger partial charge is 0.494 e. The van der Waals surface area contributed by atoms with Crippen molar-refractivity contribution < 1.29 is 4.74 Å². The number of nitrogens with one attached hydrogen (secondary N) is 1. The highest BCUT2D eigenvalue weighted by Gasteiger charge is 1.97. The van der Waals surface area contributed by atoms with E-state index in [-0.39, 0.29) is 0 Å². The molecule has 0 saturated carbocycles. The van der Waals surface area contributed by atoms with E-state index in [1.807, 2.05) is 36.6 Å². The zero-order chi connectivity index (χ0) is 17.7. The van der Waals surface area contributed by atoms with Crippen LogP contribution in [0.1, 0.15) is 63.1 Å². The van der Waals surface area contributed by atoms with Gasteiger partial charge >= 0.3 is 0 Å². The molecule has 0 aliphatic rings. The number of hydrogen-bond acceptors (Lipinski definition) is 5. The summed E-state index contributed by atoms with van der Waals surface area (Å²) in [6.45, 7) is 5.02. The number of rotatable bonds is 12. The van der Waals surface area contributed by atoms with Gasteiger partial charge in [0.2, 0.25) is 5.13 Å². The normalized spacial score (nSPS) is 11.1. The van der Waals surface area contributed by atoms with Gasteiger partial charge in [-0.25, -0.2) is 4.98 Å². The maximum absolute atomic E-state index is 5.80. The first-order chi connectivity index (χ1) is 12.3. The fourth-order valence-electron chi connectivity index (χ4n) is 2.47. The molecule has 0 unspecified atom stereocenters. The summed E-state index contributed by atoms with van der Waals surface area (Å²) < 4.78 is 5.80. The SMILES string of the molecule is CCCCCCCCCOc1ccc(C=NNc2nc(C)cs2)cc1. The van der Waals surface area contributed by atoms with Crippen LogP contribution in [-0.2, 0) is 0 Å². The zero-order valence-electron chi connectivity index (χ0n) is 15.3. The van der Waals surface area contributed by atoms with Gasteiger partial charge < -0.3 is 4.74 Å². The Kier molecular flexibility index (Phi) is 9.05. The number of anilines is 1. The molecule has 0 atom stereocenters. The molecule has 1 N–H and O–H groups in total. The van der Waals surface area contributed by atoms with Crippen molar-refractivity contribution >= 4 is 22.7 Å². The van der Waals surface area contributed by atoms with Crippen molar-refractivity contribution in [3.63, 3.8) is 0 Å². The number of unbranched alkanes of at least 4 members (excludes halogenated alkanes) is 6. The van der Waals surface area contributed by atoms with E-state index in [1.165, 1.54) is 38.5 Å². The van der Waals surface area contributed by atoms with Gasteiger partial charge in [0.15, 0.2) is 0 Å². The third-order valence-corrected chi connectivity index (χ3v) is 4.75. The fourth-order valence-corrected chi connectivity index (χ4v) is 3.10. The molecule has 0 bridgehead atoms. The summed E-state index contributed by atoms with van der Waals surface area (Å²) >= 11 is 1.55. The first-order valence-corrected chi connectivity index (χ1v) is 10.1. The van der Waals surface area contributed by atoms with E-state index in [9.17, 15) is 0 Å². The summed E-state index contributed by atoms with van der Waals surface area (Å²) in [6.07, 6.45) is 10.9. The van der Waals surface area contributed by atoms with Crippen LogP contribution in [0.4, 0.5) is 5.13 Å². The lowest BCUT2D eigenvalue weighted by atomic mass is 10.1. The van der Waals surface area contributed by atoms with Crippen molar-refractivity contribution in [1.29, 1.82) is 0 Å².